The monoisotopic (exact) mass is 317 g/mol. The highest BCUT2D eigenvalue weighted by atomic mass is 32.1. The average Bonchev–Trinajstić information content (AvgIpc) is 2.93. The van der Waals surface area contributed by atoms with Crippen LogP contribution in [0.5, 0.6) is 0 Å². The maximum Gasteiger partial charge on any atom is 0.266 e. The zero-order valence-corrected chi connectivity index (χ0v) is 13.1. The fourth-order valence-electron chi connectivity index (χ4n) is 2.22. The van der Waals surface area contributed by atoms with Crippen LogP contribution in [0.25, 0.3) is 15.9 Å². The third-order valence-corrected chi connectivity index (χ3v) is 4.37. The van der Waals surface area contributed by atoms with E-state index >= 15 is 0 Å². The molecule has 0 bridgehead atoms. The molecule has 7 heteroatoms. The van der Waals surface area contributed by atoms with Gasteiger partial charge < -0.3 is 10.1 Å². The van der Waals surface area contributed by atoms with E-state index in [4.69, 9.17) is 4.74 Å². The Morgan fingerprint density at radius 1 is 1.50 bits per heavy atom. The van der Waals surface area contributed by atoms with Gasteiger partial charge in [-0.15, -0.1) is 11.3 Å². The topological polar surface area (TPSA) is 72.7 Å². The highest BCUT2D eigenvalue weighted by Gasteiger charge is 2.15. The first-order chi connectivity index (χ1) is 10.6. The smallest absolute Gasteiger partial charge is 0.266 e. The standard InChI is InChI=1S/C15H15N3O3S/c1-9-4-3-6-18-12(9)17-14-10(15(18)20)8-11(22-14)13(19)16-5-7-21-2/h3-4,6,8H,5,7H2,1-2H3,(H,16,19). The van der Waals surface area contributed by atoms with E-state index in [1.807, 2.05) is 19.1 Å². The van der Waals surface area contributed by atoms with Gasteiger partial charge in [0.1, 0.15) is 10.5 Å². The molecule has 0 atom stereocenters. The molecule has 0 fully saturated rings. The molecular weight excluding hydrogens is 302 g/mol. The van der Waals surface area contributed by atoms with Crippen molar-refractivity contribution in [3.05, 3.63) is 45.2 Å². The molecule has 3 rings (SSSR count). The zero-order valence-electron chi connectivity index (χ0n) is 12.3. The Labute approximate surface area is 130 Å². The van der Waals surface area contributed by atoms with Crippen molar-refractivity contribution in [1.82, 2.24) is 14.7 Å². The number of rotatable bonds is 4. The summed E-state index contributed by atoms with van der Waals surface area (Å²) < 4.78 is 6.41. The lowest BCUT2D eigenvalue weighted by Gasteiger charge is -2.02. The number of thiophene rings is 1. The number of pyridine rings is 1. The van der Waals surface area contributed by atoms with Crippen LogP contribution in [-0.4, -0.2) is 35.6 Å². The Morgan fingerprint density at radius 2 is 2.32 bits per heavy atom. The molecule has 1 amide bonds. The van der Waals surface area contributed by atoms with Crippen molar-refractivity contribution in [2.45, 2.75) is 6.92 Å². The number of nitrogens with one attached hydrogen (secondary N) is 1. The van der Waals surface area contributed by atoms with E-state index in [1.54, 1.807) is 19.4 Å². The van der Waals surface area contributed by atoms with Crippen molar-refractivity contribution in [3.63, 3.8) is 0 Å². The van der Waals surface area contributed by atoms with Crippen LogP contribution in [-0.2, 0) is 4.74 Å². The molecule has 0 aliphatic heterocycles. The van der Waals surface area contributed by atoms with E-state index in [2.05, 4.69) is 10.3 Å². The van der Waals surface area contributed by atoms with E-state index in [-0.39, 0.29) is 11.5 Å². The summed E-state index contributed by atoms with van der Waals surface area (Å²) in [4.78, 5) is 30.2. The number of fused-ring (bicyclic) bond motifs is 2. The van der Waals surface area contributed by atoms with Gasteiger partial charge in [-0.25, -0.2) is 4.98 Å². The van der Waals surface area contributed by atoms with Crippen LogP contribution in [0, 0.1) is 6.92 Å². The molecule has 0 radical (unpaired) electrons. The molecule has 0 saturated carbocycles. The molecular formula is C15H15N3O3S. The van der Waals surface area contributed by atoms with Gasteiger partial charge in [-0.1, -0.05) is 6.07 Å². The van der Waals surface area contributed by atoms with Crippen LogP contribution >= 0.6 is 11.3 Å². The second-order valence-corrected chi connectivity index (χ2v) is 5.91. The molecule has 0 aliphatic carbocycles. The first kappa shape index (κ1) is 14.7. The van der Waals surface area contributed by atoms with Crippen molar-refractivity contribution in [3.8, 4) is 0 Å². The van der Waals surface area contributed by atoms with Crippen molar-refractivity contribution in [2.75, 3.05) is 20.3 Å². The summed E-state index contributed by atoms with van der Waals surface area (Å²) >= 11 is 1.22. The van der Waals surface area contributed by atoms with Crippen molar-refractivity contribution < 1.29 is 9.53 Å². The van der Waals surface area contributed by atoms with Crippen LogP contribution < -0.4 is 10.9 Å². The predicted octanol–water partition coefficient (Wildman–Crippen LogP) is 1.59. The molecule has 0 unspecified atom stereocenters. The summed E-state index contributed by atoms with van der Waals surface area (Å²) in [6.07, 6.45) is 1.69. The molecule has 3 aromatic rings. The van der Waals surface area contributed by atoms with Crippen molar-refractivity contribution in [1.29, 1.82) is 0 Å². The van der Waals surface area contributed by atoms with Crippen LogP contribution in [0.2, 0.25) is 0 Å². The molecule has 0 aromatic carbocycles. The van der Waals surface area contributed by atoms with Crippen molar-refractivity contribution in [2.24, 2.45) is 0 Å². The summed E-state index contributed by atoms with van der Waals surface area (Å²) in [6.45, 7) is 2.78. The SMILES string of the molecule is COCCNC(=O)c1cc2c(=O)n3cccc(C)c3nc2s1. The van der Waals surface area contributed by atoms with Crippen LogP contribution in [0.4, 0.5) is 0 Å². The number of hydrogen-bond donors (Lipinski definition) is 1. The molecule has 1 N–H and O–H groups in total. The second-order valence-electron chi connectivity index (χ2n) is 4.88. The lowest BCUT2D eigenvalue weighted by molar-refractivity contribution is 0.0941. The third kappa shape index (κ3) is 2.49. The molecule has 114 valence electrons. The first-order valence-corrected chi connectivity index (χ1v) is 7.62. The number of aryl methyl sites for hydroxylation is 1. The van der Waals surface area contributed by atoms with E-state index in [1.165, 1.54) is 15.7 Å². The van der Waals surface area contributed by atoms with Gasteiger partial charge in [0.05, 0.1) is 16.9 Å². The number of carbonyl (C=O) groups is 1. The van der Waals surface area contributed by atoms with Gasteiger partial charge in [-0.3, -0.25) is 14.0 Å². The molecule has 0 spiro atoms. The highest BCUT2D eigenvalue weighted by Crippen LogP contribution is 2.22. The lowest BCUT2D eigenvalue weighted by atomic mass is 10.3. The molecule has 3 aromatic heterocycles. The van der Waals surface area contributed by atoms with E-state index in [0.717, 1.165) is 5.56 Å². The number of methoxy groups -OCH3 is 1. The van der Waals surface area contributed by atoms with Gasteiger partial charge in [0, 0.05) is 19.9 Å². The van der Waals surface area contributed by atoms with Crippen LogP contribution in [0.3, 0.4) is 0 Å². The van der Waals surface area contributed by atoms with Crippen LogP contribution in [0.15, 0.2) is 29.2 Å². The van der Waals surface area contributed by atoms with E-state index < -0.39 is 0 Å². The molecule has 0 aliphatic rings. The maximum atomic E-state index is 12.5. The quantitative estimate of drug-likeness (QED) is 0.742. The Balaban J connectivity index is 2.08. The number of nitrogens with zero attached hydrogens (tertiary/aromatic N) is 2. The van der Waals surface area contributed by atoms with Gasteiger partial charge in [0.2, 0.25) is 0 Å². The summed E-state index contributed by atoms with van der Waals surface area (Å²) in [5, 5.41) is 3.21. The predicted molar refractivity (Wildman–Crippen MR) is 85.8 cm³/mol. The summed E-state index contributed by atoms with van der Waals surface area (Å²) in [6, 6.07) is 5.31. The minimum atomic E-state index is -0.217. The van der Waals surface area contributed by atoms with E-state index in [0.29, 0.717) is 33.9 Å². The Morgan fingerprint density at radius 3 is 3.09 bits per heavy atom. The Bertz CT molecular complexity index is 913. The minimum Gasteiger partial charge on any atom is -0.383 e. The summed E-state index contributed by atoms with van der Waals surface area (Å²) in [5.74, 6) is -0.217. The number of carbonyl (C=O) groups excluding carboxylic acids is 1. The first-order valence-electron chi connectivity index (χ1n) is 6.80. The van der Waals surface area contributed by atoms with Crippen LogP contribution in [0.1, 0.15) is 15.2 Å². The molecule has 3 heterocycles. The Kier molecular flexibility index (Phi) is 3.91. The fraction of sp³-hybridized carbons (Fsp3) is 0.267. The van der Waals surface area contributed by atoms with Gasteiger partial charge >= 0.3 is 0 Å². The third-order valence-electron chi connectivity index (χ3n) is 3.35. The number of amides is 1. The van der Waals surface area contributed by atoms with Crippen molar-refractivity contribution >= 4 is 33.1 Å². The maximum absolute atomic E-state index is 12.5. The molecule has 6 nitrogen and oxygen atoms in total. The minimum absolute atomic E-state index is 0.157. The number of ether oxygens (including phenoxy) is 1. The van der Waals surface area contributed by atoms with Gasteiger partial charge in [0.15, 0.2) is 0 Å². The zero-order chi connectivity index (χ0) is 15.7. The average molecular weight is 317 g/mol. The summed E-state index contributed by atoms with van der Waals surface area (Å²) in [7, 11) is 1.57. The summed E-state index contributed by atoms with van der Waals surface area (Å²) in [5.41, 5.74) is 1.38. The van der Waals surface area contributed by atoms with Gasteiger partial charge in [-0.2, -0.15) is 0 Å². The van der Waals surface area contributed by atoms with E-state index in [9.17, 15) is 9.59 Å². The Hall–Kier alpha value is -2.25. The largest absolute Gasteiger partial charge is 0.383 e. The molecule has 22 heavy (non-hydrogen) atoms. The number of aromatic nitrogens is 2. The second kappa shape index (κ2) is 5.86. The van der Waals surface area contributed by atoms with Gasteiger partial charge in [0.25, 0.3) is 11.5 Å². The van der Waals surface area contributed by atoms with Gasteiger partial charge in [-0.05, 0) is 24.6 Å². The fourth-order valence-corrected chi connectivity index (χ4v) is 3.16. The highest BCUT2D eigenvalue weighted by molar-refractivity contribution is 7.20. The lowest BCUT2D eigenvalue weighted by Crippen LogP contribution is -2.26. The molecule has 0 saturated heterocycles. The number of hydrogen-bond acceptors (Lipinski definition) is 5. The normalized spacial score (nSPS) is 11.2.